The number of phosphoric ester groups is 1. The number of rotatable bonds is 3. The largest absolute Gasteiger partial charge is 0.475 e. The number of aromatic amines is 1. The van der Waals surface area contributed by atoms with Crippen molar-refractivity contribution >= 4 is 20.0 Å². The van der Waals surface area contributed by atoms with Crippen LogP contribution in [0.2, 0.25) is 0 Å². The van der Waals surface area contributed by atoms with Gasteiger partial charge in [-0.3, -0.25) is 27.9 Å². The molecule has 3 fully saturated rings. The minimum absolute atomic E-state index is 0.0298. The zero-order valence-corrected chi connectivity index (χ0v) is 15.9. The minimum atomic E-state index is -3.78. The Morgan fingerprint density at radius 1 is 1.46 bits per heavy atom. The lowest BCUT2D eigenvalue weighted by Gasteiger charge is -2.35. The first-order chi connectivity index (χ1) is 12.3. The molecule has 144 valence electrons. The summed E-state index contributed by atoms with van der Waals surface area (Å²) in [4.78, 5) is 13.9. The number of H-pyrrole nitrogens is 1. The van der Waals surface area contributed by atoms with Crippen LogP contribution in [-0.4, -0.2) is 45.2 Å². The van der Waals surface area contributed by atoms with E-state index in [-0.39, 0.29) is 23.0 Å². The van der Waals surface area contributed by atoms with Gasteiger partial charge < -0.3 is 9.84 Å². The molecule has 1 aromatic heterocycles. The monoisotopic (exact) mass is 404 g/mol. The van der Waals surface area contributed by atoms with Gasteiger partial charge in [0.25, 0.3) is 5.56 Å². The number of aliphatic hydroxyl groups is 1. The maximum Gasteiger partial charge on any atom is 0.475 e. The quantitative estimate of drug-likeness (QED) is 0.581. The van der Waals surface area contributed by atoms with E-state index in [1.165, 1.54) is 23.8 Å². The van der Waals surface area contributed by atoms with Crippen molar-refractivity contribution in [3.05, 3.63) is 27.4 Å². The maximum atomic E-state index is 12.9. The Kier molecular flexibility index (Phi) is 4.71. The molecule has 2 N–H and O–H groups in total. The zero-order chi connectivity index (χ0) is 18.5. The van der Waals surface area contributed by atoms with Crippen molar-refractivity contribution in [2.24, 2.45) is 0 Å². The third kappa shape index (κ3) is 3.24. The lowest BCUT2D eigenvalue weighted by molar-refractivity contribution is -0.0942. The highest BCUT2D eigenvalue weighted by atomic mass is 32.1. The number of hydrogen-bond donors (Lipinski definition) is 2. The number of nitrogens with one attached hydrogen (secondary N) is 1. The number of hydrogen-bond acceptors (Lipinski definition) is 8. The number of aromatic nitrogens is 2. The Morgan fingerprint density at radius 3 is 2.88 bits per heavy atom. The lowest BCUT2D eigenvalue weighted by Crippen LogP contribution is -2.48. The van der Waals surface area contributed by atoms with Crippen LogP contribution in [0.1, 0.15) is 38.8 Å². The van der Waals surface area contributed by atoms with E-state index in [2.05, 4.69) is 4.98 Å². The van der Waals surface area contributed by atoms with Gasteiger partial charge >= 0.3 is 7.82 Å². The summed E-state index contributed by atoms with van der Waals surface area (Å²) in [6, 6.07) is 1.28. The lowest BCUT2D eigenvalue weighted by atomic mass is 9.96. The predicted octanol–water partition coefficient (Wildman–Crippen LogP) is 2.04. The highest BCUT2D eigenvalue weighted by Gasteiger charge is 2.60. The topological polar surface area (TPSA) is 112 Å². The minimum Gasteiger partial charge on any atom is -0.383 e. The molecule has 9 nitrogen and oxygen atoms in total. The van der Waals surface area contributed by atoms with Crippen LogP contribution >= 0.6 is 20.0 Å². The van der Waals surface area contributed by atoms with E-state index in [9.17, 15) is 14.5 Å². The molecule has 0 bridgehead atoms. The smallest absolute Gasteiger partial charge is 0.383 e. The van der Waals surface area contributed by atoms with Crippen LogP contribution in [0.3, 0.4) is 0 Å². The maximum absolute atomic E-state index is 12.9. The standard InChI is InChI=1S/C15H21N2O7PS/c1-15(19)12-10(22-13(15)17-7-6-11(18)16-14(17)26)8-21-25(20,24-12)23-9-4-2-3-5-9/h6-7,9-10,12-13,19H,2-5,8H2,1H3,(H,16,18,26)/t10-,12?,13-,15-,25?/m1/s1. The van der Waals surface area contributed by atoms with Crippen LogP contribution in [0.15, 0.2) is 17.1 Å². The molecule has 26 heavy (non-hydrogen) atoms. The Morgan fingerprint density at radius 2 is 2.19 bits per heavy atom. The molecular weight excluding hydrogens is 383 g/mol. The fourth-order valence-electron chi connectivity index (χ4n) is 3.72. The average molecular weight is 404 g/mol. The summed E-state index contributed by atoms with van der Waals surface area (Å²) < 4.78 is 36.8. The van der Waals surface area contributed by atoms with Gasteiger partial charge in [-0.05, 0) is 32.0 Å². The molecule has 0 aromatic carbocycles. The van der Waals surface area contributed by atoms with E-state index >= 15 is 0 Å². The van der Waals surface area contributed by atoms with E-state index in [0.717, 1.165) is 25.7 Å². The third-order valence-corrected chi connectivity index (χ3v) is 6.86. The number of ether oxygens (including phenoxy) is 1. The molecule has 11 heteroatoms. The second-order valence-corrected chi connectivity index (χ2v) is 9.01. The normalized spacial score (nSPS) is 40.6. The summed E-state index contributed by atoms with van der Waals surface area (Å²) in [5, 5.41) is 11.0. The molecule has 4 rings (SSSR count). The summed E-state index contributed by atoms with van der Waals surface area (Å²) >= 11 is 5.15. The van der Waals surface area contributed by atoms with Gasteiger partial charge in [-0.1, -0.05) is 12.8 Å². The average Bonchev–Trinajstić information content (AvgIpc) is 3.14. The summed E-state index contributed by atoms with van der Waals surface area (Å²) in [7, 11) is -3.78. The predicted molar refractivity (Wildman–Crippen MR) is 92.2 cm³/mol. The molecule has 1 saturated carbocycles. The molecule has 1 aromatic rings. The SMILES string of the molecule is C[C@@]1(O)C2OP(=O)(OC3CCCC3)OC[C@H]2O[C@H]1n1ccc(=O)[nH]c1=S. The van der Waals surface area contributed by atoms with Gasteiger partial charge in [0.15, 0.2) is 11.0 Å². The molecule has 5 atom stereocenters. The van der Waals surface area contributed by atoms with Crippen LogP contribution in [0.25, 0.3) is 0 Å². The van der Waals surface area contributed by atoms with Crippen LogP contribution < -0.4 is 5.56 Å². The number of phosphoric acid groups is 1. The Hall–Kier alpha value is -0.870. The second kappa shape index (κ2) is 6.63. The first-order valence-corrected chi connectivity index (χ1v) is 10.5. The van der Waals surface area contributed by atoms with Crippen LogP contribution in [0.4, 0.5) is 0 Å². The zero-order valence-electron chi connectivity index (χ0n) is 14.2. The summed E-state index contributed by atoms with van der Waals surface area (Å²) in [5.41, 5.74) is -1.91. The highest BCUT2D eigenvalue weighted by Crippen LogP contribution is 2.60. The summed E-state index contributed by atoms with van der Waals surface area (Å²) in [6.45, 7) is 1.48. The van der Waals surface area contributed by atoms with Gasteiger partial charge in [-0.15, -0.1) is 0 Å². The van der Waals surface area contributed by atoms with E-state index in [0.29, 0.717) is 0 Å². The molecule has 2 saturated heterocycles. The fourth-order valence-corrected chi connectivity index (χ4v) is 5.68. The molecule has 0 radical (unpaired) electrons. The molecular formula is C15H21N2O7PS. The molecule has 3 aliphatic rings. The van der Waals surface area contributed by atoms with Gasteiger partial charge in [0.1, 0.15) is 17.8 Å². The van der Waals surface area contributed by atoms with Crippen molar-refractivity contribution < 1.29 is 28.0 Å². The van der Waals surface area contributed by atoms with Gasteiger partial charge in [-0.2, -0.15) is 0 Å². The van der Waals surface area contributed by atoms with Gasteiger partial charge in [0.05, 0.1) is 12.7 Å². The van der Waals surface area contributed by atoms with Gasteiger partial charge in [-0.25, -0.2) is 4.57 Å². The fraction of sp³-hybridized carbons (Fsp3) is 0.733. The molecule has 0 spiro atoms. The van der Waals surface area contributed by atoms with Crippen LogP contribution in [0.5, 0.6) is 0 Å². The number of fused-ring (bicyclic) bond motifs is 1. The van der Waals surface area contributed by atoms with Crippen molar-refractivity contribution in [3.63, 3.8) is 0 Å². The van der Waals surface area contributed by atoms with Crippen LogP contribution in [0, 0.1) is 4.77 Å². The van der Waals surface area contributed by atoms with Crippen molar-refractivity contribution in [2.75, 3.05) is 6.61 Å². The molecule has 1 aliphatic carbocycles. The van der Waals surface area contributed by atoms with Crippen molar-refractivity contribution in [1.82, 2.24) is 9.55 Å². The Labute approximate surface area is 154 Å². The number of nitrogens with zero attached hydrogens (tertiary/aromatic N) is 1. The molecule has 2 unspecified atom stereocenters. The van der Waals surface area contributed by atoms with E-state index in [1.54, 1.807) is 0 Å². The Balaban J connectivity index is 1.58. The molecule has 0 amide bonds. The summed E-state index contributed by atoms with van der Waals surface area (Å²) in [6.07, 6.45) is 2.46. The van der Waals surface area contributed by atoms with Crippen molar-refractivity contribution in [1.29, 1.82) is 0 Å². The van der Waals surface area contributed by atoms with Crippen molar-refractivity contribution in [3.8, 4) is 0 Å². The van der Waals surface area contributed by atoms with E-state index in [1.807, 2.05) is 0 Å². The van der Waals surface area contributed by atoms with Gasteiger partial charge in [0, 0.05) is 12.3 Å². The third-order valence-electron chi connectivity index (χ3n) is 5.04. The van der Waals surface area contributed by atoms with Crippen LogP contribution in [-0.2, 0) is 22.9 Å². The first kappa shape index (κ1) is 18.5. The van der Waals surface area contributed by atoms with E-state index in [4.69, 9.17) is 30.5 Å². The molecule has 3 heterocycles. The Bertz CT molecular complexity index is 847. The second-order valence-electron chi connectivity index (χ2n) is 7.05. The van der Waals surface area contributed by atoms with Gasteiger partial charge in [0.2, 0.25) is 0 Å². The molecule has 2 aliphatic heterocycles. The summed E-state index contributed by atoms with van der Waals surface area (Å²) in [5.74, 6) is 0. The highest BCUT2D eigenvalue weighted by molar-refractivity contribution is 7.71. The first-order valence-electron chi connectivity index (χ1n) is 8.59. The van der Waals surface area contributed by atoms with Crippen molar-refractivity contribution in [2.45, 2.75) is 62.7 Å². The van der Waals surface area contributed by atoms with E-state index < -0.39 is 31.9 Å².